The molecular formula is C29H33ClN2O4S. The van der Waals surface area contributed by atoms with Gasteiger partial charge >= 0.3 is 0 Å². The first-order chi connectivity index (χ1) is 17.8. The van der Waals surface area contributed by atoms with Crippen LogP contribution >= 0.6 is 11.6 Å². The zero-order chi connectivity index (χ0) is 26.4. The number of hydrogen-bond donors (Lipinski definition) is 2. The lowest BCUT2D eigenvalue weighted by molar-refractivity contribution is 0.0867. The molecule has 1 fully saturated rings. The molecule has 6 nitrogen and oxygen atoms in total. The van der Waals surface area contributed by atoms with Crippen LogP contribution in [0.25, 0.3) is 0 Å². The zero-order valence-corrected chi connectivity index (χ0v) is 22.5. The number of rotatable bonds is 9. The van der Waals surface area contributed by atoms with Crippen LogP contribution in [0.3, 0.4) is 0 Å². The van der Waals surface area contributed by atoms with Gasteiger partial charge in [-0.1, -0.05) is 61.0 Å². The lowest BCUT2D eigenvalue weighted by atomic mass is 9.93. The Balaban J connectivity index is 1.58. The highest BCUT2D eigenvalue weighted by Gasteiger charge is 2.32. The summed E-state index contributed by atoms with van der Waals surface area (Å²) in [5, 5.41) is 13.2. The molecule has 37 heavy (non-hydrogen) atoms. The van der Waals surface area contributed by atoms with Crippen molar-refractivity contribution < 1.29 is 18.3 Å². The Hall–Kier alpha value is -2.71. The van der Waals surface area contributed by atoms with E-state index in [9.17, 15) is 18.3 Å². The van der Waals surface area contributed by atoms with Gasteiger partial charge in [0.2, 0.25) is 10.0 Å². The highest BCUT2D eigenvalue weighted by molar-refractivity contribution is 7.89. The Morgan fingerprint density at radius 2 is 1.59 bits per heavy atom. The average Bonchev–Trinajstić information content (AvgIpc) is 2.91. The molecule has 1 aliphatic carbocycles. The summed E-state index contributed by atoms with van der Waals surface area (Å²) in [6.45, 7) is 2.13. The third-order valence-corrected chi connectivity index (χ3v) is 9.05. The van der Waals surface area contributed by atoms with E-state index in [0.717, 1.165) is 24.0 Å². The van der Waals surface area contributed by atoms with Crippen LogP contribution in [0.5, 0.6) is 0 Å². The number of benzene rings is 3. The Morgan fingerprint density at radius 1 is 0.973 bits per heavy atom. The minimum absolute atomic E-state index is 0.0618. The number of aliphatic hydroxyl groups is 1. The maximum atomic E-state index is 13.8. The normalized spacial score (nSPS) is 18.9. The number of halogens is 1. The molecule has 1 atom stereocenters. The van der Waals surface area contributed by atoms with Crippen molar-refractivity contribution in [2.24, 2.45) is 0 Å². The van der Waals surface area contributed by atoms with Crippen LogP contribution in [0.15, 0.2) is 83.8 Å². The van der Waals surface area contributed by atoms with Crippen LogP contribution in [-0.4, -0.2) is 35.9 Å². The topological polar surface area (TPSA) is 86.7 Å². The number of carbonyl (C=O) groups is 1. The second-order valence-corrected chi connectivity index (χ2v) is 11.8. The molecule has 0 bridgehead atoms. The molecule has 0 spiro atoms. The van der Waals surface area contributed by atoms with E-state index in [1.165, 1.54) is 16.4 Å². The van der Waals surface area contributed by atoms with Gasteiger partial charge in [-0.15, -0.1) is 0 Å². The standard InChI is InChI=1S/C29H33ClN2O4S/c1-2-28(22-6-4-3-5-7-22)32(37(35,36)27-18-12-24(30)13-19-27)20-21-8-10-23(11-9-21)29(34)31-25-14-16-26(33)17-15-25/h3-13,18-19,25-26,28,33H,2,14-17,20H2,1H3,(H,31,34)/t25-,26-,28?. The van der Waals surface area contributed by atoms with Crippen LogP contribution < -0.4 is 5.32 Å². The summed E-state index contributed by atoms with van der Waals surface area (Å²) in [5.74, 6) is -0.158. The predicted octanol–water partition coefficient (Wildman–Crippen LogP) is 5.72. The number of amides is 1. The maximum Gasteiger partial charge on any atom is 0.251 e. The number of sulfonamides is 1. The summed E-state index contributed by atoms with van der Waals surface area (Å²) in [5.41, 5.74) is 2.22. The predicted molar refractivity (Wildman–Crippen MR) is 146 cm³/mol. The molecule has 0 aliphatic heterocycles. The van der Waals surface area contributed by atoms with E-state index < -0.39 is 10.0 Å². The molecule has 1 amide bonds. The molecule has 0 radical (unpaired) electrons. The third kappa shape index (κ3) is 6.79. The van der Waals surface area contributed by atoms with Crippen molar-refractivity contribution in [2.45, 2.75) is 68.7 Å². The molecule has 3 aromatic rings. The highest BCUT2D eigenvalue weighted by Crippen LogP contribution is 2.32. The summed E-state index contributed by atoms with van der Waals surface area (Å²) < 4.78 is 29.2. The minimum Gasteiger partial charge on any atom is -0.393 e. The monoisotopic (exact) mass is 540 g/mol. The van der Waals surface area contributed by atoms with Gasteiger partial charge in [-0.05, 0) is 79.6 Å². The van der Waals surface area contributed by atoms with Crippen molar-refractivity contribution in [2.75, 3.05) is 0 Å². The summed E-state index contributed by atoms with van der Waals surface area (Å²) in [4.78, 5) is 12.9. The van der Waals surface area contributed by atoms with Crippen molar-refractivity contribution in [3.05, 3.63) is 101 Å². The van der Waals surface area contributed by atoms with E-state index in [2.05, 4.69) is 5.32 Å². The van der Waals surface area contributed by atoms with Gasteiger partial charge in [0.15, 0.2) is 0 Å². The lowest BCUT2D eigenvalue weighted by Crippen LogP contribution is -2.38. The van der Waals surface area contributed by atoms with E-state index in [-0.39, 0.29) is 35.5 Å². The van der Waals surface area contributed by atoms with Crippen molar-refractivity contribution in [1.82, 2.24) is 9.62 Å². The summed E-state index contributed by atoms with van der Waals surface area (Å²) in [6.07, 6.45) is 3.24. The average molecular weight is 541 g/mol. The minimum atomic E-state index is -3.85. The molecule has 1 unspecified atom stereocenters. The first-order valence-electron chi connectivity index (χ1n) is 12.7. The molecule has 1 saturated carbocycles. The van der Waals surface area contributed by atoms with E-state index in [1.807, 2.05) is 49.4 Å². The van der Waals surface area contributed by atoms with Gasteiger partial charge in [0.05, 0.1) is 17.0 Å². The smallest absolute Gasteiger partial charge is 0.251 e. The molecule has 8 heteroatoms. The van der Waals surface area contributed by atoms with Crippen molar-refractivity contribution in [3.8, 4) is 0 Å². The Labute approximate surface area is 224 Å². The van der Waals surface area contributed by atoms with Crippen molar-refractivity contribution in [1.29, 1.82) is 0 Å². The molecule has 0 saturated heterocycles. The number of nitrogens with zero attached hydrogens (tertiary/aromatic N) is 1. The third-order valence-electron chi connectivity index (χ3n) is 6.93. The largest absolute Gasteiger partial charge is 0.393 e. The first kappa shape index (κ1) is 27.3. The van der Waals surface area contributed by atoms with Gasteiger partial charge in [-0.2, -0.15) is 4.31 Å². The van der Waals surface area contributed by atoms with Gasteiger partial charge in [0.25, 0.3) is 5.91 Å². The molecule has 0 heterocycles. The second kappa shape index (κ2) is 12.2. The summed E-state index contributed by atoms with van der Waals surface area (Å²) >= 11 is 6.01. The summed E-state index contributed by atoms with van der Waals surface area (Å²) in [7, 11) is -3.85. The van der Waals surface area contributed by atoms with Gasteiger partial charge in [0, 0.05) is 23.2 Å². The SMILES string of the molecule is CCC(c1ccccc1)N(Cc1ccc(C(=O)N[C@H]2CC[C@H](O)CC2)cc1)S(=O)(=O)c1ccc(Cl)cc1. The maximum absolute atomic E-state index is 13.8. The van der Waals surface area contributed by atoms with Crippen molar-refractivity contribution in [3.63, 3.8) is 0 Å². The fraction of sp³-hybridized carbons (Fsp3) is 0.345. The molecule has 1 aliphatic rings. The van der Waals surface area contributed by atoms with E-state index in [4.69, 9.17) is 11.6 Å². The Bertz CT molecular complexity index is 1270. The van der Waals surface area contributed by atoms with Crippen LogP contribution in [0, 0.1) is 0 Å². The molecule has 196 valence electrons. The van der Waals surface area contributed by atoms with Crippen LogP contribution in [-0.2, 0) is 16.6 Å². The van der Waals surface area contributed by atoms with Gasteiger partial charge in [0.1, 0.15) is 0 Å². The van der Waals surface area contributed by atoms with Crippen LogP contribution in [0.1, 0.15) is 66.6 Å². The number of carbonyl (C=O) groups excluding carboxylic acids is 1. The summed E-state index contributed by atoms with van der Waals surface area (Å²) in [6, 6.07) is 22.6. The van der Waals surface area contributed by atoms with E-state index >= 15 is 0 Å². The fourth-order valence-corrected chi connectivity index (χ4v) is 6.62. The van der Waals surface area contributed by atoms with Gasteiger partial charge in [-0.3, -0.25) is 4.79 Å². The van der Waals surface area contributed by atoms with Crippen molar-refractivity contribution >= 4 is 27.5 Å². The van der Waals surface area contributed by atoms with Gasteiger partial charge in [-0.25, -0.2) is 8.42 Å². The number of aliphatic hydroxyl groups excluding tert-OH is 1. The molecular weight excluding hydrogens is 508 g/mol. The Morgan fingerprint density at radius 3 is 2.19 bits per heavy atom. The van der Waals surface area contributed by atoms with Crippen LogP contribution in [0.2, 0.25) is 5.02 Å². The molecule has 4 rings (SSSR count). The first-order valence-corrected chi connectivity index (χ1v) is 14.5. The van der Waals surface area contributed by atoms with E-state index in [0.29, 0.717) is 29.8 Å². The molecule has 2 N–H and O–H groups in total. The zero-order valence-electron chi connectivity index (χ0n) is 20.9. The molecule has 0 aromatic heterocycles. The fourth-order valence-electron chi connectivity index (χ4n) is 4.82. The highest BCUT2D eigenvalue weighted by atomic mass is 35.5. The number of hydrogen-bond acceptors (Lipinski definition) is 4. The lowest BCUT2D eigenvalue weighted by Gasteiger charge is -2.31. The Kier molecular flexibility index (Phi) is 9.03. The number of nitrogens with one attached hydrogen (secondary N) is 1. The van der Waals surface area contributed by atoms with E-state index in [1.54, 1.807) is 24.3 Å². The van der Waals surface area contributed by atoms with Crippen LogP contribution in [0.4, 0.5) is 0 Å². The second-order valence-electron chi connectivity index (χ2n) is 9.51. The molecule has 3 aromatic carbocycles. The quantitative estimate of drug-likeness (QED) is 0.363. The van der Waals surface area contributed by atoms with Gasteiger partial charge < -0.3 is 10.4 Å².